The monoisotopic (exact) mass is 257 g/mol. The van der Waals surface area contributed by atoms with Gasteiger partial charge in [0, 0.05) is 25.7 Å². The zero-order chi connectivity index (χ0) is 13.5. The van der Waals surface area contributed by atoms with Gasteiger partial charge in [-0.2, -0.15) is 0 Å². The molecule has 0 amide bonds. The standard InChI is InChI=1S/C14H27NO3/c1-11-6-3-4-7-13(11)15(8-5-9-16)10-12(2)14(17)18/h11-13,16H,3-10H2,1-2H3,(H,17,18). The Morgan fingerprint density at radius 1 is 1.39 bits per heavy atom. The highest BCUT2D eigenvalue weighted by atomic mass is 16.4. The van der Waals surface area contributed by atoms with Crippen LogP contribution in [0.5, 0.6) is 0 Å². The van der Waals surface area contributed by atoms with Crippen LogP contribution in [0.3, 0.4) is 0 Å². The number of carbonyl (C=O) groups is 1. The number of hydrogen-bond donors (Lipinski definition) is 2. The first kappa shape index (κ1) is 15.4. The summed E-state index contributed by atoms with van der Waals surface area (Å²) in [5.41, 5.74) is 0. The highest BCUT2D eigenvalue weighted by Gasteiger charge is 2.28. The van der Waals surface area contributed by atoms with Crippen molar-refractivity contribution >= 4 is 5.97 Å². The third-order valence-corrected chi connectivity index (χ3v) is 4.07. The first-order valence-electron chi connectivity index (χ1n) is 7.14. The molecule has 0 heterocycles. The van der Waals surface area contributed by atoms with Crippen molar-refractivity contribution in [3.8, 4) is 0 Å². The number of carboxylic acids is 1. The van der Waals surface area contributed by atoms with E-state index in [4.69, 9.17) is 10.2 Å². The van der Waals surface area contributed by atoms with Gasteiger partial charge in [0.25, 0.3) is 0 Å². The summed E-state index contributed by atoms with van der Waals surface area (Å²) >= 11 is 0. The lowest BCUT2D eigenvalue weighted by Gasteiger charge is -2.39. The lowest BCUT2D eigenvalue weighted by atomic mass is 9.84. The van der Waals surface area contributed by atoms with Crippen LogP contribution in [0, 0.1) is 11.8 Å². The van der Waals surface area contributed by atoms with Crippen molar-refractivity contribution in [3.05, 3.63) is 0 Å². The third kappa shape index (κ3) is 4.58. The molecule has 1 aliphatic carbocycles. The maximum Gasteiger partial charge on any atom is 0.307 e. The molecule has 3 atom stereocenters. The molecule has 0 saturated heterocycles. The zero-order valence-corrected chi connectivity index (χ0v) is 11.6. The van der Waals surface area contributed by atoms with Crippen LogP contribution in [-0.4, -0.2) is 46.8 Å². The maximum atomic E-state index is 11.0. The van der Waals surface area contributed by atoms with E-state index in [1.54, 1.807) is 6.92 Å². The van der Waals surface area contributed by atoms with Crippen molar-refractivity contribution < 1.29 is 15.0 Å². The Hall–Kier alpha value is -0.610. The molecular formula is C14H27NO3. The summed E-state index contributed by atoms with van der Waals surface area (Å²) in [6, 6.07) is 0.493. The largest absolute Gasteiger partial charge is 0.481 e. The number of rotatable bonds is 7. The molecule has 0 aliphatic heterocycles. The fourth-order valence-corrected chi connectivity index (χ4v) is 2.94. The predicted octanol–water partition coefficient (Wildman–Crippen LogP) is 1.97. The molecule has 0 aromatic rings. The molecule has 4 heteroatoms. The summed E-state index contributed by atoms with van der Waals surface area (Å²) in [5, 5.41) is 18.0. The first-order chi connectivity index (χ1) is 8.56. The normalized spacial score (nSPS) is 26.2. The molecule has 1 aliphatic rings. The molecule has 0 bridgehead atoms. The second-order valence-electron chi connectivity index (χ2n) is 5.64. The summed E-state index contributed by atoms with van der Waals surface area (Å²) < 4.78 is 0. The van der Waals surface area contributed by atoms with Gasteiger partial charge < -0.3 is 10.2 Å². The minimum atomic E-state index is -0.729. The van der Waals surface area contributed by atoms with Crippen molar-refractivity contribution in [2.75, 3.05) is 19.7 Å². The van der Waals surface area contributed by atoms with Crippen molar-refractivity contribution in [2.24, 2.45) is 11.8 Å². The van der Waals surface area contributed by atoms with Crippen LogP contribution >= 0.6 is 0 Å². The van der Waals surface area contributed by atoms with Gasteiger partial charge in [-0.25, -0.2) is 0 Å². The highest BCUT2D eigenvalue weighted by molar-refractivity contribution is 5.69. The smallest absolute Gasteiger partial charge is 0.307 e. The topological polar surface area (TPSA) is 60.8 Å². The average Bonchev–Trinajstić information content (AvgIpc) is 2.35. The maximum absolute atomic E-state index is 11.0. The predicted molar refractivity (Wildman–Crippen MR) is 71.5 cm³/mol. The van der Waals surface area contributed by atoms with Crippen LogP contribution in [0.2, 0.25) is 0 Å². The van der Waals surface area contributed by atoms with Gasteiger partial charge in [-0.15, -0.1) is 0 Å². The van der Waals surface area contributed by atoms with E-state index in [9.17, 15) is 4.79 Å². The van der Waals surface area contributed by atoms with Gasteiger partial charge in [0.1, 0.15) is 0 Å². The average molecular weight is 257 g/mol. The van der Waals surface area contributed by atoms with Crippen molar-refractivity contribution in [2.45, 2.75) is 52.0 Å². The minimum absolute atomic E-state index is 0.180. The SMILES string of the molecule is CC(CN(CCCO)C1CCCCC1C)C(=O)O. The van der Waals surface area contributed by atoms with Gasteiger partial charge in [0.2, 0.25) is 0 Å². The van der Waals surface area contributed by atoms with Gasteiger partial charge in [0.15, 0.2) is 0 Å². The van der Waals surface area contributed by atoms with E-state index >= 15 is 0 Å². The van der Waals surface area contributed by atoms with E-state index in [0.29, 0.717) is 18.5 Å². The van der Waals surface area contributed by atoms with Gasteiger partial charge in [-0.1, -0.05) is 26.7 Å². The summed E-state index contributed by atoms with van der Waals surface area (Å²) in [6.45, 7) is 5.62. The molecular weight excluding hydrogens is 230 g/mol. The molecule has 3 unspecified atom stereocenters. The lowest BCUT2D eigenvalue weighted by Crippen LogP contribution is -2.45. The molecule has 2 N–H and O–H groups in total. The zero-order valence-electron chi connectivity index (χ0n) is 11.6. The first-order valence-corrected chi connectivity index (χ1v) is 7.14. The molecule has 106 valence electrons. The third-order valence-electron chi connectivity index (χ3n) is 4.07. The number of hydrogen-bond acceptors (Lipinski definition) is 3. The van der Waals surface area contributed by atoms with Crippen LogP contribution in [0.4, 0.5) is 0 Å². The van der Waals surface area contributed by atoms with E-state index in [1.165, 1.54) is 25.7 Å². The van der Waals surface area contributed by atoms with Crippen LogP contribution in [0.25, 0.3) is 0 Å². The second kappa shape index (κ2) is 7.74. The Kier molecular flexibility index (Phi) is 6.65. The fraction of sp³-hybridized carbons (Fsp3) is 0.929. The number of nitrogens with zero attached hydrogens (tertiary/aromatic N) is 1. The van der Waals surface area contributed by atoms with Gasteiger partial charge in [0.05, 0.1) is 5.92 Å². The number of aliphatic hydroxyl groups excluding tert-OH is 1. The number of aliphatic hydroxyl groups is 1. The van der Waals surface area contributed by atoms with Gasteiger partial charge in [-0.05, 0) is 25.2 Å². The van der Waals surface area contributed by atoms with Crippen molar-refractivity contribution in [1.29, 1.82) is 0 Å². The highest BCUT2D eigenvalue weighted by Crippen LogP contribution is 2.28. The number of aliphatic carboxylic acids is 1. The molecule has 4 nitrogen and oxygen atoms in total. The van der Waals surface area contributed by atoms with Crippen LogP contribution in [-0.2, 0) is 4.79 Å². The Balaban J connectivity index is 2.60. The van der Waals surface area contributed by atoms with Crippen molar-refractivity contribution in [1.82, 2.24) is 4.90 Å². The Bertz CT molecular complexity index is 257. The molecule has 1 rings (SSSR count). The van der Waals surface area contributed by atoms with E-state index in [2.05, 4.69) is 11.8 Å². The quantitative estimate of drug-likeness (QED) is 0.732. The number of carboxylic acid groups (broad SMARTS) is 1. The van der Waals surface area contributed by atoms with Crippen LogP contribution in [0.15, 0.2) is 0 Å². The lowest BCUT2D eigenvalue weighted by molar-refractivity contribution is -0.142. The van der Waals surface area contributed by atoms with Gasteiger partial charge in [-0.3, -0.25) is 9.69 Å². The van der Waals surface area contributed by atoms with Gasteiger partial charge >= 0.3 is 5.97 Å². The van der Waals surface area contributed by atoms with Crippen LogP contribution in [0.1, 0.15) is 46.0 Å². The van der Waals surface area contributed by atoms with E-state index in [0.717, 1.165) is 13.0 Å². The summed E-state index contributed by atoms with van der Waals surface area (Å²) in [4.78, 5) is 13.3. The minimum Gasteiger partial charge on any atom is -0.481 e. The van der Waals surface area contributed by atoms with Crippen LogP contribution < -0.4 is 0 Å². The molecule has 0 radical (unpaired) electrons. The molecule has 0 aromatic heterocycles. The molecule has 0 spiro atoms. The molecule has 0 aromatic carbocycles. The summed E-state index contributed by atoms with van der Waals surface area (Å²) in [7, 11) is 0. The van der Waals surface area contributed by atoms with E-state index in [-0.39, 0.29) is 12.5 Å². The van der Waals surface area contributed by atoms with Crippen molar-refractivity contribution in [3.63, 3.8) is 0 Å². The van der Waals surface area contributed by atoms with E-state index in [1.807, 2.05) is 0 Å². The molecule has 18 heavy (non-hydrogen) atoms. The fourth-order valence-electron chi connectivity index (χ4n) is 2.94. The molecule has 1 saturated carbocycles. The Morgan fingerprint density at radius 3 is 2.61 bits per heavy atom. The summed E-state index contributed by atoms with van der Waals surface area (Å²) in [5.74, 6) is -0.427. The Labute approximate surface area is 110 Å². The Morgan fingerprint density at radius 2 is 2.06 bits per heavy atom. The van der Waals surface area contributed by atoms with E-state index < -0.39 is 5.97 Å². The molecule has 1 fully saturated rings. The summed E-state index contributed by atoms with van der Waals surface area (Å²) in [6.07, 6.45) is 5.67. The second-order valence-corrected chi connectivity index (χ2v) is 5.64.